The summed E-state index contributed by atoms with van der Waals surface area (Å²) in [6.45, 7) is 9.22. The molecule has 164 valence electrons. The Hall–Kier alpha value is -1.47. The highest BCUT2D eigenvalue weighted by Gasteiger charge is 2.69. The Kier molecular flexibility index (Phi) is 5.17. The number of benzene rings is 1. The third kappa shape index (κ3) is 3.29. The number of carbonyl (C=O) groups excluding carboxylic acids is 1. The van der Waals surface area contributed by atoms with Crippen LogP contribution in [0.1, 0.15) is 36.0 Å². The summed E-state index contributed by atoms with van der Waals surface area (Å²) in [6, 6.07) is 6.07. The number of nitrogens with zero attached hydrogens (tertiary/aromatic N) is 2. The molecule has 6 nitrogen and oxygen atoms in total. The van der Waals surface area contributed by atoms with Gasteiger partial charge in [0.2, 0.25) is 5.91 Å². The van der Waals surface area contributed by atoms with Gasteiger partial charge < -0.3 is 19.5 Å². The van der Waals surface area contributed by atoms with E-state index >= 15 is 0 Å². The number of ether oxygens (including phenoxy) is 2. The maximum Gasteiger partial charge on any atom is 0.229 e. The third-order valence-corrected chi connectivity index (χ3v) is 7.98. The predicted molar refractivity (Wildman–Crippen MR) is 113 cm³/mol. The van der Waals surface area contributed by atoms with Gasteiger partial charge in [0, 0.05) is 24.4 Å². The van der Waals surface area contributed by atoms with E-state index < -0.39 is 5.72 Å². The number of fused-ring (bicyclic) bond motifs is 2. The van der Waals surface area contributed by atoms with Crippen molar-refractivity contribution in [1.29, 1.82) is 0 Å². The third-order valence-electron chi connectivity index (χ3n) is 7.98. The second kappa shape index (κ2) is 7.59. The molecule has 1 amide bonds. The first kappa shape index (κ1) is 20.4. The van der Waals surface area contributed by atoms with E-state index in [1.807, 2.05) is 11.0 Å². The molecule has 30 heavy (non-hydrogen) atoms. The molecule has 2 atom stereocenters. The van der Waals surface area contributed by atoms with E-state index in [-0.39, 0.29) is 17.4 Å². The van der Waals surface area contributed by atoms with Crippen LogP contribution >= 0.6 is 0 Å². The van der Waals surface area contributed by atoms with E-state index in [9.17, 15) is 9.90 Å². The first-order valence-corrected chi connectivity index (χ1v) is 11.4. The summed E-state index contributed by atoms with van der Waals surface area (Å²) in [5.41, 5.74) is 2.03. The lowest BCUT2D eigenvalue weighted by Gasteiger charge is -2.59. The van der Waals surface area contributed by atoms with Gasteiger partial charge in [-0.2, -0.15) is 0 Å². The van der Waals surface area contributed by atoms with E-state index in [1.165, 1.54) is 11.1 Å². The van der Waals surface area contributed by atoms with E-state index in [2.05, 4.69) is 30.9 Å². The van der Waals surface area contributed by atoms with Crippen molar-refractivity contribution in [2.24, 2.45) is 11.3 Å². The fourth-order valence-electron chi connectivity index (χ4n) is 5.55. The maximum atomic E-state index is 13.5. The van der Waals surface area contributed by atoms with Crippen LogP contribution in [-0.2, 0) is 20.7 Å². The molecule has 1 saturated carbocycles. The van der Waals surface area contributed by atoms with Crippen LogP contribution in [0.5, 0.6) is 0 Å². The number of carbonyl (C=O) groups is 1. The number of hydrogen-bond donors (Lipinski definition) is 1. The summed E-state index contributed by atoms with van der Waals surface area (Å²) in [5, 5.41) is 12.2. The molecule has 2 unspecified atom stereocenters. The Balaban J connectivity index is 1.36. The molecular weight excluding hydrogens is 380 g/mol. The van der Waals surface area contributed by atoms with Crippen molar-refractivity contribution in [3.63, 3.8) is 0 Å². The highest BCUT2D eigenvalue weighted by atomic mass is 16.5. The molecule has 1 spiro atoms. The normalized spacial score (nSPS) is 30.8. The summed E-state index contributed by atoms with van der Waals surface area (Å²) in [7, 11) is 0. The number of amides is 1. The Morgan fingerprint density at radius 1 is 1.13 bits per heavy atom. The number of aryl methyl sites for hydroxylation is 2. The average Bonchev–Trinajstić information content (AvgIpc) is 3.46. The van der Waals surface area contributed by atoms with Crippen molar-refractivity contribution < 1.29 is 19.4 Å². The Bertz CT molecular complexity index is 819. The fraction of sp³-hybridized carbons (Fsp3) is 0.708. The van der Waals surface area contributed by atoms with Gasteiger partial charge in [0.05, 0.1) is 38.9 Å². The van der Waals surface area contributed by atoms with Gasteiger partial charge in [-0.3, -0.25) is 9.69 Å². The first-order valence-electron chi connectivity index (χ1n) is 11.4. The molecule has 0 radical (unpaired) electrons. The minimum atomic E-state index is -1.13. The quantitative estimate of drug-likeness (QED) is 0.797. The highest BCUT2D eigenvalue weighted by Crippen LogP contribution is 2.60. The van der Waals surface area contributed by atoms with Gasteiger partial charge in [-0.1, -0.05) is 18.2 Å². The minimum Gasteiger partial charge on any atom is -0.381 e. The number of piperazine rings is 1. The van der Waals surface area contributed by atoms with E-state index in [0.717, 1.165) is 51.1 Å². The molecule has 1 aromatic carbocycles. The van der Waals surface area contributed by atoms with Crippen LogP contribution in [-0.4, -0.2) is 78.6 Å². The van der Waals surface area contributed by atoms with Gasteiger partial charge in [0.1, 0.15) is 0 Å². The molecule has 4 aliphatic rings. The largest absolute Gasteiger partial charge is 0.381 e. The second-order valence-corrected chi connectivity index (χ2v) is 9.91. The molecule has 1 aromatic rings. The van der Waals surface area contributed by atoms with Crippen molar-refractivity contribution in [3.8, 4) is 0 Å². The molecule has 3 aliphatic heterocycles. The van der Waals surface area contributed by atoms with Gasteiger partial charge in [0.15, 0.2) is 5.72 Å². The van der Waals surface area contributed by atoms with Gasteiger partial charge in [-0.25, -0.2) is 0 Å². The zero-order chi connectivity index (χ0) is 20.9. The average molecular weight is 415 g/mol. The topological polar surface area (TPSA) is 62.2 Å². The van der Waals surface area contributed by atoms with Crippen LogP contribution in [0, 0.1) is 25.2 Å². The standard InChI is InChI=1S/C24H34N2O4/c1-17-3-4-19(11-18(17)2)12-22(27)26-10-9-25(8-5-20-13-29-14-20)21-15-30-16-23(6-7-23)24(21,26)28/h3-4,11,20-21,28H,5-10,12-16H2,1-2H3. The van der Waals surface area contributed by atoms with Gasteiger partial charge in [-0.05, 0) is 56.3 Å². The molecule has 6 heteroatoms. The molecular formula is C24H34N2O4. The summed E-state index contributed by atoms with van der Waals surface area (Å²) in [4.78, 5) is 17.6. The molecule has 1 N–H and O–H groups in total. The predicted octanol–water partition coefficient (Wildman–Crippen LogP) is 1.89. The van der Waals surface area contributed by atoms with Crippen LogP contribution in [0.2, 0.25) is 0 Å². The van der Waals surface area contributed by atoms with Crippen LogP contribution in [0.4, 0.5) is 0 Å². The smallest absolute Gasteiger partial charge is 0.229 e. The van der Waals surface area contributed by atoms with Crippen molar-refractivity contribution in [2.75, 3.05) is 46.1 Å². The fourth-order valence-corrected chi connectivity index (χ4v) is 5.55. The highest BCUT2D eigenvalue weighted by molar-refractivity contribution is 5.80. The van der Waals surface area contributed by atoms with Gasteiger partial charge in [-0.15, -0.1) is 0 Å². The first-order chi connectivity index (χ1) is 14.4. The Morgan fingerprint density at radius 2 is 1.93 bits per heavy atom. The van der Waals surface area contributed by atoms with Crippen LogP contribution in [0.25, 0.3) is 0 Å². The molecule has 3 heterocycles. The van der Waals surface area contributed by atoms with Crippen LogP contribution in [0.15, 0.2) is 18.2 Å². The van der Waals surface area contributed by atoms with Gasteiger partial charge in [0.25, 0.3) is 0 Å². The Morgan fingerprint density at radius 3 is 2.60 bits per heavy atom. The van der Waals surface area contributed by atoms with Crippen molar-refractivity contribution in [3.05, 3.63) is 34.9 Å². The van der Waals surface area contributed by atoms with Crippen molar-refractivity contribution in [1.82, 2.24) is 9.80 Å². The zero-order valence-electron chi connectivity index (χ0n) is 18.2. The summed E-state index contributed by atoms with van der Waals surface area (Å²) in [6.07, 6.45) is 3.28. The van der Waals surface area contributed by atoms with Gasteiger partial charge >= 0.3 is 0 Å². The number of rotatable bonds is 5. The summed E-state index contributed by atoms with van der Waals surface area (Å²) >= 11 is 0. The SMILES string of the molecule is Cc1ccc(CC(=O)N2CCN(CCC3COC3)C3COCC4(CC4)C32O)cc1C. The molecule has 4 fully saturated rings. The van der Waals surface area contributed by atoms with Crippen molar-refractivity contribution in [2.45, 2.75) is 51.3 Å². The lowest BCUT2D eigenvalue weighted by molar-refractivity contribution is -0.267. The Labute approximate surface area is 179 Å². The minimum absolute atomic E-state index is 0.0333. The van der Waals surface area contributed by atoms with Crippen LogP contribution < -0.4 is 0 Å². The lowest BCUT2D eigenvalue weighted by atomic mass is 9.79. The molecule has 0 bridgehead atoms. The second-order valence-electron chi connectivity index (χ2n) is 9.91. The molecule has 5 rings (SSSR count). The molecule has 0 aromatic heterocycles. The van der Waals surface area contributed by atoms with E-state index in [4.69, 9.17) is 9.47 Å². The molecule has 3 saturated heterocycles. The van der Waals surface area contributed by atoms with E-state index in [0.29, 0.717) is 32.1 Å². The number of hydrogen-bond acceptors (Lipinski definition) is 5. The number of aliphatic hydroxyl groups is 1. The summed E-state index contributed by atoms with van der Waals surface area (Å²) in [5.74, 6) is 0.660. The van der Waals surface area contributed by atoms with Crippen LogP contribution in [0.3, 0.4) is 0 Å². The monoisotopic (exact) mass is 414 g/mol. The lowest BCUT2D eigenvalue weighted by Crippen LogP contribution is -2.76. The van der Waals surface area contributed by atoms with Crippen molar-refractivity contribution >= 4 is 5.91 Å². The van der Waals surface area contributed by atoms with E-state index in [1.54, 1.807) is 0 Å². The molecule has 1 aliphatic carbocycles. The maximum absolute atomic E-state index is 13.5. The zero-order valence-corrected chi connectivity index (χ0v) is 18.2. The summed E-state index contributed by atoms with van der Waals surface area (Å²) < 4.78 is 11.3.